The van der Waals surface area contributed by atoms with Crippen LogP contribution < -0.4 is 9.80 Å². The number of amides is 2. The zero-order valence-corrected chi connectivity index (χ0v) is 23.0. The lowest BCUT2D eigenvalue weighted by Crippen LogP contribution is -2.52. The Morgan fingerprint density at radius 3 is 2.60 bits per heavy atom. The number of piperazine rings is 1. The van der Waals surface area contributed by atoms with Crippen molar-refractivity contribution >= 4 is 23.5 Å². The predicted molar refractivity (Wildman–Crippen MR) is 151 cm³/mol. The third-order valence-electron chi connectivity index (χ3n) is 8.27. The molecule has 0 saturated carbocycles. The topological polar surface area (TPSA) is 110 Å². The fourth-order valence-electron chi connectivity index (χ4n) is 6.05. The first-order chi connectivity index (χ1) is 19.3. The van der Waals surface area contributed by atoms with E-state index in [2.05, 4.69) is 32.8 Å². The number of carbonyl (C=O) groups is 2. The number of carbonyl (C=O) groups excluding carboxylic acids is 2. The first-order valence-corrected chi connectivity index (χ1v) is 13.7. The molecule has 0 aliphatic carbocycles. The Bertz CT molecular complexity index is 1510. The molecule has 1 unspecified atom stereocenters. The zero-order valence-electron chi connectivity index (χ0n) is 23.0. The van der Waals surface area contributed by atoms with E-state index in [0.29, 0.717) is 36.8 Å². The summed E-state index contributed by atoms with van der Waals surface area (Å²) in [6, 6.07) is 12.0. The minimum Gasteiger partial charge on any atom is -0.354 e. The lowest BCUT2D eigenvalue weighted by Gasteiger charge is -2.36. The van der Waals surface area contributed by atoms with E-state index in [1.165, 1.54) is 0 Å². The number of urea groups is 1. The summed E-state index contributed by atoms with van der Waals surface area (Å²) in [5, 5.41) is 9.53. The molecular formula is C30H32N8O2. The quantitative estimate of drug-likeness (QED) is 0.469. The molecule has 3 aliphatic heterocycles. The Balaban J connectivity index is 1.23. The van der Waals surface area contributed by atoms with Gasteiger partial charge in [-0.3, -0.25) is 4.79 Å². The number of benzene rings is 1. The number of hydrogen-bond acceptors (Lipinski definition) is 8. The van der Waals surface area contributed by atoms with Crippen LogP contribution in [0, 0.1) is 11.3 Å². The molecule has 6 rings (SSSR count). The van der Waals surface area contributed by atoms with Gasteiger partial charge in [-0.2, -0.15) is 5.26 Å². The SMILES string of the molecule is CCCN1CC2CN(c3ncc(-c4ccc5c(c4)N(Cc4cccnc4C#N)C(C)(C)C5=O)cn3)CCN2C1=O. The molecule has 2 aromatic heterocycles. The van der Waals surface area contributed by atoms with Crippen molar-refractivity contribution in [3.63, 3.8) is 0 Å². The molecule has 10 nitrogen and oxygen atoms in total. The summed E-state index contributed by atoms with van der Waals surface area (Å²) in [4.78, 5) is 47.6. The molecule has 2 saturated heterocycles. The molecule has 0 spiro atoms. The number of anilines is 2. The Kier molecular flexibility index (Phi) is 6.37. The number of rotatable bonds is 6. The molecule has 2 fully saturated rings. The second-order valence-corrected chi connectivity index (χ2v) is 11.1. The fraction of sp³-hybridized carbons (Fsp3) is 0.400. The van der Waals surface area contributed by atoms with Crippen molar-refractivity contribution in [2.24, 2.45) is 0 Å². The lowest BCUT2D eigenvalue weighted by atomic mass is 9.96. The van der Waals surface area contributed by atoms with Gasteiger partial charge in [0.15, 0.2) is 5.78 Å². The third-order valence-corrected chi connectivity index (χ3v) is 8.27. The van der Waals surface area contributed by atoms with Gasteiger partial charge in [-0.05, 0) is 44.0 Å². The Hall–Kier alpha value is -4.52. The molecule has 2 amide bonds. The van der Waals surface area contributed by atoms with E-state index in [-0.39, 0.29) is 17.9 Å². The number of pyridine rings is 1. The first-order valence-electron chi connectivity index (χ1n) is 13.7. The van der Waals surface area contributed by atoms with E-state index >= 15 is 0 Å². The van der Waals surface area contributed by atoms with Crippen molar-refractivity contribution in [2.75, 3.05) is 42.5 Å². The van der Waals surface area contributed by atoms with Gasteiger partial charge in [0, 0.05) is 80.2 Å². The molecule has 0 radical (unpaired) electrons. The fourth-order valence-corrected chi connectivity index (χ4v) is 6.05. The van der Waals surface area contributed by atoms with Crippen molar-refractivity contribution in [2.45, 2.75) is 45.3 Å². The van der Waals surface area contributed by atoms with Crippen LogP contribution in [0.25, 0.3) is 11.1 Å². The van der Waals surface area contributed by atoms with E-state index < -0.39 is 5.54 Å². The number of Topliss-reactive ketones (excluding diaryl/α,β-unsaturated/α-hetero) is 1. The van der Waals surface area contributed by atoms with Crippen LogP contribution in [0.4, 0.5) is 16.4 Å². The van der Waals surface area contributed by atoms with Crippen molar-refractivity contribution in [1.29, 1.82) is 5.26 Å². The van der Waals surface area contributed by atoms with Gasteiger partial charge >= 0.3 is 6.03 Å². The number of fused-ring (bicyclic) bond motifs is 2. The predicted octanol–water partition coefficient (Wildman–Crippen LogP) is 3.73. The number of nitriles is 1. The van der Waals surface area contributed by atoms with Gasteiger partial charge in [0.2, 0.25) is 5.95 Å². The standard InChI is InChI=1S/C30H32N8O2/c1-4-10-36-19-23-18-35(11-12-37(23)29(36)40)28-33-15-22(16-34-28)20-7-8-24-26(13-20)38(30(2,3)27(24)39)17-21-6-5-9-32-25(21)14-31/h5-9,13,15-16,23H,4,10-12,17-19H2,1-3H3. The summed E-state index contributed by atoms with van der Waals surface area (Å²) in [7, 11) is 0. The highest BCUT2D eigenvalue weighted by Crippen LogP contribution is 2.42. The second-order valence-electron chi connectivity index (χ2n) is 11.1. The van der Waals surface area contributed by atoms with Crippen molar-refractivity contribution in [1.82, 2.24) is 24.8 Å². The number of hydrogen-bond donors (Lipinski definition) is 0. The Morgan fingerprint density at radius 1 is 1.05 bits per heavy atom. The van der Waals surface area contributed by atoms with Crippen LogP contribution in [0.1, 0.15) is 48.8 Å². The van der Waals surface area contributed by atoms with Gasteiger partial charge < -0.3 is 19.6 Å². The van der Waals surface area contributed by atoms with Gasteiger partial charge in [-0.15, -0.1) is 0 Å². The van der Waals surface area contributed by atoms with E-state index in [1.54, 1.807) is 6.20 Å². The van der Waals surface area contributed by atoms with Crippen molar-refractivity contribution < 1.29 is 9.59 Å². The maximum Gasteiger partial charge on any atom is 0.320 e. The normalized spacial score (nSPS) is 19.6. The van der Waals surface area contributed by atoms with Crippen LogP contribution in [0.2, 0.25) is 0 Å². The maximum atomic E-state index is 13.3. The van der Waals surface area contributed by atoms with Gasteiger partial charge in [-0.25, -0.2) is 19.7 Å². The minimum absolute atomic E-state index is 0.0464. The monoisotopic (exact) mass is 536 g/mol. The molecule has 40 heavy (non-hydrogen) atoms. The molecule has 5 heterocycles. The summed E-state index contributed by atoms with van der Waals surface area (Å²) >= 11 is 0. The summed E-state index contributed by atoms with van der Waals surface area (Å²) < 4.78 is 0. The minimum atomic E-state index is -0.764. The van der Waals surface area contributed by atoms with E-state index in [4.69, 9.17) is 0 Å². The third kappa shape index (κ3) is 4.22. The van der Waals surface area contributed by atoms with Crippen molar-refractivity contribution in [3.05, 3.63) is 65.7 Å². The lowest BCUT2D eigenvalue weighted by molar-refractivity contribution is 0.0923. The van der Waals surface area contributed by atoms with Crippen LogP contribution in [0.5, 0.6) is 0 Å². The molecule has 1 aromatic carbocycles. The van der Waals surface area contributed by atoms with Gasteiger partial charge in [-0.1, -0.05) is 19.1 Å². The average Bonchev–Trinajstić information content (AvgIpc) is 3.38. The number of aromatic nitrogens is 3. The van der Waals surface area contributed by atoms with Crippen LogP contribution in [-0.4, -0.2) is 80.9 Å². The molecule has 10 heteroatoms. The van der Waals surface area contributed by atoms with Crippen LogP contribution in [0.3, 0.4) is 0 Å². The number of ketones is 1. The van der Waals surface area contributed by atoms with Crippen LogP contribution >= 0.6 is 0 Å². The average molecular weight is 537 g/mol. The number of nitrogens with zero attached hydrogens (tertiary/aromatic N) is 8. The van der Waals surface area contributed by atoms with Gasteiger partial charge in [0.25, 0.3) is 0 Å². The zero-order chi connectivity index (χ0) is 28.0. The molecule has 0 bridgehead atoms. The molecule has 0 N–H and O–H groups in total. The van der Waals surface area contributed by atoms with Crippen LogP contribution in [0.15, 0.2) is 48.9 Å². The molecule has 3 aliphatic rings. The highest BCUT2D eigenvalue weighted by Gasteiger charge is 2.44. The van der Waals surface area contributed by atoms with Gasteiger partial charge in [0.1, 0.15) is 11.8 Å². The molecule has 1 atom stereocenters. The van der Waals surface area contributed by atoms with Gasteiger partial charge in [0.05, 0.1) is 11.6 Å². The Morgan fingerprint density at radius 2 is 1.85 bits per heavy atom. The van der Waals surface area contributed by atoms with Crippen molar-refractivity contribution in [3.8, 4) is 17.2 Å². The second kappa shape index (κ2) is 9.90. The summed E-state index contributed by atoms with van der Waals surface area (Å²) in [5.74, 6) is 0.703. The molecule has 3 aromatic rings. The smallest absolute Gasteiger partial charge is 0.320 e. The molecule has 204 valence electrons. The largest absolute Gasteiger partial charge is 0.354 e. The van der Waals surface area contributed by atoms with E-state index in [1.807, 2.05) is 71.3 Å². The molecular weight excluding hydrogens is 504 g/mol. The van der Waals surface area contributed by atoms with E-state index in [9.17, 15) is 14.9 Å². The summed E-state index contributed by atoms with van der Waals surface area (Å²) in [6.07, 6.45) is 6.20. The summed E-state index contributed by atoms with van der Waals surface area (Å²) in [5.41, 5.74) is 3.62. The maximum absolute atomic E-state index is 13.3. The first kappa shape index (κ1) is 25.7. The van der Waals surface area contributed by atoms with Crippen LogP contribution in [-0.2, 0) is 6.54 Å². The summed E-state index contributed by atoms with van der Waals surface area (Å²) in [6.45, 7) is 9.94. The van der Waals surface area contributed by atoms with E-state index in [0.717, 1.165) is 48.4 Å². The highest BCUT2D eigenvalue weighted by atomic mass is 16.2. The Labute approximate surface area is 233 Å². The highest BCUT2D eigenvalue weighted by molar-refractivity contribution is 6.14.